The Morgan fingerprint density at radius 2 is 2.00 bits per heavy atom. The van der Waals surface area contributed by atoms with E-state index >= 15 is 0 Å². The van der Waals surface area contributed by atoms with E-state index in [2.05, 4.69) is 10.3 Å². The highest BCUT2D eigenvalue weighted by Gasteiger charge is 2.24. The average Bonchev–Trinajstić information content (AvgIpc) is 3.05. The minimum absolute atomic E-state index is 0.295. The largest absolute Gasteiger partial charge is 0.476 e. The van der Waals surface area contributed by atoms with E-state index in [1.165, 1.54) is 10.6 Å². The highest BCUT2D eigenvalue weighted by molar-refractivity contribution is 6.05. The van der Waals surface area contributed by atoms with Crippen molar-refractivity contribution in [2.24, 2.45) is 0 Å². The molecule has 0 bridgehead atoms. The molecule has 0 spiro atoms. The number of amides is 1. The van der Waals surface area contributed by atoms with Gasteiger partial charge in [0.05, 0.1) is 0 Å². The first-order valence-electron chi connectivity index (χ1n) is 7.47. The van der Waals surface area contributed by atoms with Crippen molar-refractivity contribution < 1.29 is 14.7 Å². The van der Waals surface area contributed by atoms with Crippen molar-refractivity contribution in [3.63, 3.8) is 0 Å². The summed E-state index contributed by atoms with van der Waals surface area (Å²) in [7, 11) is 0. The topological polar surface area (TPSA) is 101 Å². The molecule has 0 radical (unpaired) electrons. The van der Waals surface area contributed by atoms with Crippen molar-refractivity contribution in [2.45, 2.75) is 19.4 Å². The summed E-state index contributed by atoms with van der Waals surface area (Å²) in [6.45, 7) is 0.476. The van der Waals surface area contributed by atoms with E-state index in [0.29, 0.717) is 18.8 Å². The molecule has 1 aromatic carbocycles. The number of carbonyl (C=O) groups excluding carboxylic acids is 1. The van der Waals surface area contributed by atoms with Crippen LogP contribution in [-0.4, -0.2) is 26.5 Å². The Morgan fingerprint density at radius 3 is 2.71 bits per heavy atom. The number of nitrogens with zero attached hydrogens (tertiary/aromatic N) is 2. The summed E-state index contributed by atoms with van der Waals surface area (Å²) in [5, 5.41) is 11.6. The van der Waals surface area contributed by atoms with Gasteiger partial charge < -0.3 is 10.4 Å². The summed E-state index contributed by atoms with van der Waals surface area (Å²) in [4.78, 5) is 39.8. The molecule has 2 heterocycles. The smallest absolute Gasteiger partial charge is 0.356 e. The number of carboxylic acid groups (broad SMARTS) is 1. The standard InChI is InChI=1S/C17H15N3O4/c21-13(9-8-11-5-2-1-3-6-11)19-14-15(17(23)24)18-12-7-4-10-20(12)16(14)22/h1-3,5-6,8-9H,4,7,10H2,(H,19,21)(H,23,24). The maximum Gasteiger partial charge on any atom is 0.356 e. The monoisotopic (exact) mass is 325 g/mol. The first-order chi connectivity index (χ1) is 11.6. The lowest BCUT2D eigenvalue weighted by molar-refractivity contribution is -0.111. The Morgan fingerprint density at radius 1 is 1.25 bits per heavy atom. The third-order valence-electron chi connectivity index (χ3n) is 3.71. The number of anilines is 1. The first kappa shape index (κ1) is 15.7. The molecule has 0 saturated carbocycles. The minimum Gasteiger partial charge on any atom is -0.476 e. The summed E-state index contributed by atoms with van der Waals surface area (Å²) in [5.41, 5.74) is -0.434. The molecule has 1 aromatic heterocycles. The fourth-order valence-corrected chi connectivity index (χ4v) is 2.58. The van der Waals surface area contributed by atoms with E-state index in [4.69, 9.17) is 0 Å². The van der Waals surface area contributed by atoms with Crippen LogP contribution < -0.4 is 10.9 Å². The van der Waals surface area contributed by atoms with Gasteiger partial charge in [0, 0.05) is 19.0 Å². The lowest BCUT2D eigenvalue weighted by Crippen LogP contribution is -2.29. The molecule has 1 amide bonds. The van der Waals surface area contributed by atoms with Crippen LogP contribution in [0.5, 0.6) is 0 Å². The lowest BCUT2D eigenvalue weighted by Gasteiger charge is -2.09. The molecule has 3 rings (SSSR count). The van der Waals surface area contributed by atoms with E-state index in [1.54, 1.807) is 6.08 Å². The first-order valence-corrected chi connectivity index (χ1v) is 7.47. The van der Waals surface area contributed by atoms with Crippen molar-refractivity contribution in [1.82, 2.24) is 9.55 Å². The van der Waals surface area contributed by atoms with Crippen LogP contribution in [0.25, 0.3) is 6.08 Å². The number of aromatic nitrogens is 2. The van der Waals surface area contributed by atoms with Crippen molar-refractivity contribution >= 4 is 23.6 Å². The molecular formula is C17H15N3O4. The molecule has 7 heteroatoms. The summed E-state index contributed by atoms with van der Waals surface area (Å²) in [6.07, 6.45) is 4.11. The van der Waals surface area contributed by atoms with Gasteiger partial charge >= 0.3 is 5.97 Å². The predicted molar refractivity (Wildman–Crippen MR) is 87.9 cm³/mol. The zero-order valence-electron chi connectivity index (χ0n) is 12.7. The van der Waals surface area contributed by atoms with E-state index in [9.17, 15) is 19.5 Å². The zero-order chi connectivity index (χ0) is 17.1. The van der Waals surface area contributed by atoms with Gasteiger partial charge in [-0.25, -0.2) is 9.78 Å². The molecule has 122 valence electrons. The SMILES string of the molecule is O=C(C=Cc1ccccc1)Nc1c(C(=O)O)nc2n(c1=O)CCC2. The molecule has 0 fully saturated rings. The number of hydrogen-bond donors (Lipinski definition) is 2. The van der Waals surface area contributed by atoms with E-state index in [-0.39, 0.29) is 5.69 Å². The van der Waals surface area contributed by atoms with Crippen LogP contribution in [0.3, 0.4) is 0 Å². The summed E-state index contributed by atoms with van der Waals surface area (Å²) < 4.78 is 1.41. The minimum atomic E-state index is -1.34. The molecular weight excluding hydrogens is 310 g/mol. The van der Waals surface area contributed by atoms with Crippen LogP contribution >= 0.6 is 0 Å². The van der Waals surface area contributed by atoms with Gasteiger partial charge in [0.1, 0.15) is 11.5 Å². The number of carbonyl (C=O) groups is 2. The number of nitrogens with one attached hydrogen (secondary N) is 1. The maximum atomic E-state index is 12.4. The Bertz CT molecular complexity index is 885. The summed E-state index contributed by atoms with van der Waals surface area (Å²) in [5.74, 6) is -1.49. The van der Waals surface area contributed by atoms with Crippen LogP contribution in [0.15, 0.2) is 41.2 Å². The van der Waals surface area contributed by atoms with Crippen LogP contribution in [0.1, 0.15) is 28.3 Å². The van der Waals surface area contributed by atoms with E-state index < -0.39 is 23.1 Å². The van der Waals surface area contributed by atoms with Gasteiger partial charge in [0.25, 0.3) is 5.56 Å². The lowest BCUT2D eigenvalue weighted by atomic mass is 10.2. The number of hydrogen-bond acceptors (Lipinski definition) is 4. The Labute approximate surface area is 137 Å². The molecule has 2 aromatic rings. The number of fused-ring (bicyclic) bond motifs is 1. The molecule has 1 aliphatic heterocycles. The molecule has 2 N–H and O–H groups in total. The third kappa shape index (κ3) is 3.10. The fraction of sp³-hybridized carbons (Fsp3) is 0.176. The van der Waals surface area contributed by atoms with E-state index in [0.717, 1.165) is 12.0 Å². The molecule has 0 aliphatic carbocycles. The van der Waals surface area contributed by atoms with Gasteiger partial charge in [-0.2, -0.15) is 0 Å². The van der Waals surface area contributed by atoms with Gasteiger partial charge in [-0.1, -0.05) is 30.3 Å². The third-order valence-corrected chi connectivity index (χ3v) is 3.71. The highest BCUT2D eigenvalue weighted by Crippen LogP contribution is 2.15. The average molecular weight is 325 g/mol. The number of carboxylic acids is 1. The highest BCUT2D eigenvalue weighted by atomic mass is 16.4. The number of aromatic carboxylic acids is 1. The van der Waals surface area contributed by atoms with Crippen LogP contribution in [-0.2, 0) is 17.8 Å². The molecule has 7 nitrogen and oxygen atoms in total. The van der Waals surface area contributed by atoms with Crippen molar-refractivity contribution in [1.29, 1.82) is 0 Å². The normalized spacial score (nSPS) is 13.0. The fourth-order valence-electron chi connectivity index (χ4n) is 2.58. The van der Waals surface area contributed by atoms with Gasteiger partial charge in [-0.05, 0) is 18.1 Å². The summed E-state index contributed by atoms with van der Waals surface area (Å²) in [6, 6.07) is 9.15. The predicted octanol–water partition coefficient (Wildman–Crippen LogP) is 1.54. The molecule has 24 heavy (non-hydrogen) atoms. The second-order valence-corrected chi connectivity index (χ2v) is 5.35. The number of rotatable bonds is 4. The van der Waals surface area contributed by atoms with Crippen molar-refractivity contribution in [2.75, 3.05) is 5.32 Å². The quantitative estimate of drug-likeness (QED) is 0.830. The van der Waals surface area contributed by atoms with Crippen molar-refractivity contribution in [3.8, 4) is 0 Å². The van der Waals surface area contributed by atoms with Crippen LogP contribution in [0, 0.1) is 0 Å². The van der Waals surface area contributed by atoms with Crippen LogP contribution in [0.4, 0.5) is 5.69 Å². The summed E-state index contributed by atoms with van der Waals surface area (Å²) >= 11 is 0. The van der Waals surface area contributed by atoms with Gasteiger partial charge in [0.2, 0.25) is 5.91 Å². The number of benzene rings is 1. The number of aryl methyl sites for hydroxylation is 1. The van der Waals surface area contributed by atoms with Gasteiger partial charge in [0.15, 0.2) is 5.69 Å². The Balaban J connectivity index is 1.89. The van der Waals surface area contributed by atoms with Crippen LogP contribution in [0.2, 0.25) is 0 Å². The Hall–Kier alpha value is -3.22. The van der Waals surface area contributed by atoms with Gasteiger partial charge in [-0.3, -0.25) is 14.2 Å². The van der Waals surface area contributed by atoms with Crippen molar-refractivity contribution in [3.05, 3.63) is 63.8 Å². The molecule has 0 saturated heterocycles. The zero-order valence-corrected chi connectivity index (χ0v) is 12.7. The molecule has 1 aliphatic rings. The van der Waals surface area contributed by atoms with E-state index in [1.807, 2.05) is 30.3 Å². The van der Waals surface area contributed by atoms with Gasteiger partial charge in [-0.15, -0.1) is 0 Å². The Kier molecular flexibility index (Phi) is 4.24. The second kappa shape index (κ2) is 6.49. The molecule has 0 unspecified atom stereocenters. The second-order valence-electron chi connectivity index (χ2n) is 5.35. The molecule has 0 atom stereocenters. The maximum absolute atomic E-state index is 12.4.